The Hall–Kier alpha value is -1.01. The number of halogens is 4. The maximum Gasteiger partial charge on any atom is 0.417 e. The molecule has 0 spiro atoms. The van der Waals surface area contributed by atoms with Crippen molar-refractivity contribution in [1.82, 2.24) is 10.3 Å². The van der Waals surface area contributed by atoms with Crippen molar-refractivity contribution in [3.05, 3.63) is 23.9 Å². The Morgan fingerprint density at radius 3 is 2.50 bits per heavy atom. The zero-order valence-corrected chi connectivity index (χ0v) is 10.9. The average Bonchev–Trinajstić information content (AvgIpc) is 2.26. The van der Waals surface area contributed by atoms with Crippen LogP contribution >= 0.6 is 12.4 Å². The van der Waals surface area contributed by atoms with Gasteiger partial charge < -0.3 is 10.1 Å². The Labute approximate surface area is 110 Å². The van der Waals surface area contributed by atoms with Crippen LogP contribution in [-0.2, 0) is 6.18 Å². The Bertz CT molecular complexity index is 343. The van der Waals surface area contributed by atoms with Crippen LogP contribution in [0.3, 0.4) is 0 Å². The Kier molecular flexibility index (Phi) is 7.01. The number of alkyl halides is 3. The molecule has 0 unspecified atom stereocenters. The molecular formula is C11H16ClF3N2O. The van der Waals surface area contributed by atoms with Crippen LogP contribution in [0, 0.1) is 0 Å². The molecule has 0 aliphatic rings. The van der Waals surface area contributed by atoms with Crippen molar-refractivity contribution < 1.29 is 17.9 Å². The minimum Gasteiger partial charge on any atom is -0.476 e. The largest absolute Gasteiger partial charge is 0.476 e. The highest BCUT2D eigenvalue weighted by atomic mass is 35.5. The molecule has 1 atom stereocenters. The molecular weight excluding hydrogens is 269 g/mol. The van der Waals surface area contributed by atoms with Crippen molar-refractivity contribution in [2.24, 2.45) is 0 Å². The zero-order valence-electron chi connectivity index (χ0n) is 10.1. The molecule has 18 heavy (non-hydrogen) atoms. The van der Waals surface area contributed by atoms with Gasteiger partial charge in [-0.3, -0.25) is 0 Å². The van der Waals surface area contributed by atoms with Gasteiger partial charge in [0.15, 0.2) is 0 Å². The predicted molar refractivity (Wildman–Crippen MR) is 65.1 cm³/mol. The van der Waals surface area contributed by atoms with Crippen LogP contribution in [0.5, 0.6) is 5.88 Å². The van der Waals surface area contributed by atoms with E-state index in [0.29, 0.717) is 6.61 Å². The predicted octanol–water partition coefficient (Wildman–Crippen LogP) is 2.90. The molecule has 0 aromatic carbocycles. The van der Waals surface area contributed by atoms with Crippen molar-refractivity contribution in [2.75, 3.05) is 13.2 Å². The van der Waals surface area contributed by atoms with Gasteiger partial charge in [0.05, 0.1) is 5.56 Å². The van der Waals surface area contributed by atoms with Crippen LogP contribution in [-0.4, -0.2) is 24.2 Å². The molecule has 0 amide bonds. The number of nitrogens with one attached hydrogen (secondary N) is 1. The van der Waals surface area contributed by atoms with Crippen molar-refractivity contribution in [3.8, 4) is 5.88 Å². The summed E-state index contributed by atoms with van der Waals surface area (Å²) in [6.07, 6.45) is -3.59. The van der Waals surface area contributed by atoms with E-state index < -0.39 is 11.7 Å². The molecule has 7 heteroatoms. The summed E-state index contributed by atoms with van der Waals surface area (Å²) in [7, 11) is 0. The highest BCUT2D eigenvalue weighted by Crippen LogP contribution is 2.29. The minimum atomic E-state index is -4.36. The normalized spacial score (nSPS) is 12.7. The highest BCUT2D eigenvalue weighted by molar-refractivity contribution is 5.85. The number of likely N-dealkylation sites (N-methyl/N-ethyl adjacent to an activating group) is 1. The summed E-state index contributed by atoms with van der Waals surface area (Å²) < 4.78 is 42.0. The highest BCUT2D eigenvalue weighted by Gasteiger charge is 2.30. The number of rotatable bonds is 5. The molecule has 1 aromatic rings. The van der Waals surface area contributed by atoms with Crippen molar-refractivity contribution in [1.29, 1.82) is 0 Å². The van der Waals surface area contributed by atoms with Gasteiger partial charge in [0.1, 0.15) is 6.61 Å². The van der Waals surface area contributed by atoms with E-state index in [0.717, 1.165) is 18.8 Å². The molecule has 0 aliphatic carbocycles. The second-order valence-corrected chi connectivity index (χ2v) is 3.65. The Morgan fingerprint density at radius 1 is 1.39 bits per heavy atom. The number of pyridine rings is 1. The van der Waals surface area contributed by atoms with Gasteiger partial charge in [-0.05, 0) is 19.5 Å². The first-order chi connectivity index (χ1) is 7.93. The van der Waals surface area contributed by atoms with Crippen LogP contribution in [0.25, 0.3) is 0 Å². The van der Waals surface area contributed by atoms with Crippen LogP contribution in [0.2, 0.25) is 0 Å². The third-order valence-electron chi connectivity index (χ3n) is 2.10. The van der Waals surface area contributed by atoms with Crippen LogP contribution in [0.4, 0.5) is 13.2 Å². The summed E-state index contributed by atoms with van der Waals surface area (Å²) in [6.45, 7) is 5.07. The summed E-state index contributed by atoms with van der Waals surface area (Å²) in [4.78, 5) is 3.61. The van der Waals surface area contributed by atoms with E-state index in [1.54, 1.807) is 0 Å². The first-order valence-corrected chi connectivity index (χ1v) is 5.33. The van der Waals surface area contributed by atoms with Gasteiger partial charge in [-0.15, -0.1) is 12.4 Å². The van der Waals surface area contributed by atoms with Gasteiger partial charge >= 0.3 is 6.18 Å². The van der Waals surface area contributed by atoms with E-state index in [1.807, 2.05) is 13.8 Å². The lowest BCUT2D eigenvalue weighted by Crippen LogP contribution is -2.31. The van der Waals surface area contributed by atoms with Gasteiger partial charge in [-0.25, -0.2) is 4.98 Å². The Balaban J connectivity index is 0.00000289. The van der Waals surface area contributed by atoms with Crippen molar-refractivity contribution in [3.63, 3.8) is 0 Å². The van der Waals surface area contributed by atoms with Crippen LogP contribution < -0.4 is 10.1 Å². The molecule has 0 bridgehead atoms. The van der Waals surface area contributed by atoms with Crippen molar-refractivity contribution in [2.45, 2.75) is 26.1 Å². The zero-order chi connectivity index (χ0) is 12.9. The molecule has 1 N–H and O–H groups in total. The standard InChI is InChI=1S/C11H15F3N2O.ClH/c1-3-15-8(2)7-17-10-5-4-9(6-16-10)11(12,13)14;/h4-6,8,15H,3,7H2,1-2H3;1H/t8-;/m0./s1. The maximum atomic E-state index is 12.2. The van der Waals surface area contributed by atoms with E-state index in [1.165, 1.54) is 6.07 Å². The van der Waals surface area contributed by atoms with Gasteiger partial charge in [0, 0.05) is 18.3 Å². The van der Waals surface area contributed by atoms with Gasteiger partial charge in [-0.1, -0.05) is 6.92 Å². The number of aromatic nitrogens is 1. The fraction of sp³-hybridized carbons (Fsp3) is 0.545. The third kappa shape index (κ3) is 5.55. The van der Waals surface area contributed by atoms with E-state index >= 15 is 0 Å². The summed E-state index contributed by atoms with van der Waals surface area (Å²) in [6, 6.07) is 2.31. The van der Waals surface area contributed by atoms with Gasteiger partial charge in [0.25, 0.3) is 0 Å². The summed E-state index contributed by atoms with van der Waals surface area (Å²) in [5.74, 6) is 0.197. The second kappa shape index (κ2) is 7.43. The third-order valence-corrected chi connectivity index (χ3v) is 2.10. The SMILES string of the molecule is CCN[C@@H](C)COc1ccc(C(F)(F)F)cn1.Cl. The fourth-order valence-corrected chi connectivity index (χ4v) is 1.25. The van der Waals surface area contributed by atoms with E-state index in [4.69, 9.17) is 4.74 Å². The van der Waals surface area contributed by atoms with E-state index in [9.17, 15) is 13.2 Å². The van der Waals surface area contributed by atoms with E-state index in [-0.39, 0.29) is 24.3 Å². The van der Waals surface area contributed by atoms with Crippen molar-refractivity contribution >= 4 is 12.4 Å². The summed E-state index contributed by atoms with van der Waals surface area (Å²) in [5.41, 5.74) is -0.774. The monoisotopic (exact) mass is 284 g/mol. The Morgan fingerprint density at radius 2 is 2.06 bits per heavy atom. The topological polar surface area (TPSA) is 34.1 Å². The number of ether oxygens (including phenoxy) is 1. The first kappa shape index (κ1) is 17.0. The molecule has 1 aromatic heterocycles. The number of nitrogens with zero attached hydrogens (tertiary/aromatic N) is 1. The maximum absolute atomic E-state index is 12.2. The number of hydrogen-bond acceptors (Lipinski definition) is 3. The quantitative estimate of drug-likeness (QED) is 0.903. The first-order valence-electron chi connectivity index (χ1n) is 5.33. The lowest BCUT2D eigenvalue weighted by atomic mass is 10.3. The second-order valence-electron chi connectivity index (χ2n) is 3.65. The molecule has 0 saturated carbocycles. The smallest absolute Gasteiger partial charge is 0.417 e. The average molecular weight is 285 g/mol. The van der Waals surface area contributed by atoms with Gasteiger partial charge in [0.2, 0.25) is 5.88 Å². The summed E-state index contributed by atoms with van der Waals surface area (Å²) >= 11 is 0. The van der Waals surface area contributed by atoms with E-state index in [2.05, 4.69) is 10.3 Å². The summed E-state index contributed by atoms with van der Waals surface area (Å²) in [5, 5.41) is 3.12. The van der Waals surface area contributed by atoms with Crippen LogP contribution in [0.15, 0.2) is 18.3 Å². The number of hydrogen-bond donors (Lipinski definition) is 1. The molecule has 0 saturated heterocycles. The minimum absolute atomic E-state index is 0. The molecule has 1 rings (SSSR count). The van der Waals surface area contributed by atoms with Gasteiger partial charge in [-0.2, -0.15) is 13.2 Å². The van der Waals surface area contributed by atoms with Crippen LogP contribution in [0.1, 0.15) is 19.4 Å². The molecule has 0 fully saturated rings. The fourth-order valence-electron chi connectivity index (χ4n) is 1.25. The molecule has 0 aliphatic heterocycles. The molecule has 104 valence electrons. The molecule has 1 heterocycles. The lowest BCUT2D eigenvalue weighted by Gasteiger charge is -2.13. The molecule has 3 nitrogen and oxygen atoms in total. The lowest BCUT2D eigenvalue weighted by molar-refractivity contribution is -0.137. The molecule has 0 radical (unpaired) electrons.